The Hall–Kier alpha value is -6.64. The number of carboxylic acids is 3. The van der Waals surface area contributed by atoms with Crippen molar-refractivity contribution in [2.24, 2.45) is 16.5 Å². The van der Waals surface area contributed by atoms with Crippen molar-refractivity contribution in [2.45, 2.75) is 101 Å². The summed E-state index contributed by atoms with van der Waals surface area (Å²) in [6.07, 6.45) is 1.12. The second-order valence-corrected chi connectivity index (χ2v) is 18.3. The molecule has 4 rings (SSSR count). The Kier molecular flexibility index (Phi) is 24.4. The summed E-state index contributed by atoms with van der Waals surface area (Å²) in [6, 6.07) is -0.891. The number of aliphatic imine (C=N–C) groups is 1. The van der Waals surface area contributed by atoms with Gasteiger partial charge in [0, 0.05) is 78.3 Å². The van der Waals surface area contributed by atoms with E-state index in [1.807, 2.05) is 9.80 Å². The first-order valence-corrected chi connectivity index (χ1v) is 24.5. The molecule has 14 N–H and O–H groups in total. The van der Waals surface area contributed by atoms with Crippen LogP contribution < -0.4 is 43.4 Å². The number of carbonyl (C=O) groups is 9. The Morgan fingerprint density at radius 1 is 0.681 bits per heavy atom. The summed E-state index contributed by atoms with van der Waals surface area (Å²) in [6.45, 7) is 6.20. The van der Waals surface area contributed by atoms with Crippen molar-refractivity contribution in [3.8, 4) is 5.75 Å². The highest BCUT2D eigenvalue weighted by atomic mass is 16.4. The number of aliphatic carboxylic acids is 3. The predicted octanol–water partition coefficient (Wildman–Crippen LogP) is -3.85. The van der Waals surface area contributed by atoms with Gasteiger partial charge in [0.25, 0.3) is 0 Å². The van der Waals surface area contributed by atoms with Crippen LogP contribution in [0, 0.1) is 0 Å². The zero-order chi connectivity index (χ0) is 52.6. The Morgan fingerprint density at radius 3 is 1.93 bits per heavy atom. The molecule has 3 saturated heterocycles. The smallest absolute Gasteiger partial charge is 0.320 e. The minimum atomic E-state index is -1.67. The maximum absolute atomic E-state index is 14.1. The standard InChI is InChI=1S/C46H73N13O13/c47-46(48)50-15-3-7-32-41(67)51-28-38(62)52-35(27-39(63)64)44(70)55-34(26-30-8-10-31(60)11-9-30)43(69)54-33(42(68)53-32)6-1-2-14-49-37(61)13-12-36(45(71)72)59-19-5-17-56-20-21-57(24-25-59)16-4-18-58(23-22-56)29-40(65)66/h8-11,32-36,60H,1-7,12-29H2,(H,49,61)(H,51,67)(H,52,62)(H,53,68)(H,54,69)(H,55,70)(H,63,64)(H,65,66)(H,71,72)(H4,47,48,50)/t32-,33-,34+,35-,36?/m0/s1. The molecule has 72 heavy (non-hydrogen) atoms. The Bertz CT molecular complexity index is 2040. The van der Waals surface area contributed by atoms with Crippen molar-refractivity contribution < 1.29 is 63.6 Å². The van der Waals surface area contributed by atoms with Gasteiger partial charge in [-0.15, -0.1) is 0 Å². The fourth-order valence-corrected chi connectivity index (χ4v) is 8.78. The number of rotatable bonds is 20. The molecule has 0 aromatic heterocycles. The summed E-state index contributed by atoms with van der Waals surface area (Å²) in [5.74, 6) is -8.39. The van der Waals surface area contributed by atoms with Gasteiger partial charge < -0.3 is 73.6 Å². The maximum atomic E-state index is 14.1. The summed E-state index contributed by atoms with van der Waals surface area (Å²) in [5.41, 5.74) is 11.3. The molecular formula is C46H73N13O13. The molecule has 2 bridgehead atoms. The van der Waals surface area contributed by atoms with Crippen LogP contribution in [0.25, 0.3) is 0 Å². The van der Waals surface area contributed by atoms with Gasteiger partial charge in [-0.1, -0.05) is 12.1 Å². The molecular weight excluding hydrogens is 943 g/mol. The lowest BCUT2D eigenvalue weighted by atomic mass is 10.0. The number of hydrogen-bond donors (Lipinski definition) is 12. The zero-order valence-electron chi connectivity index (χ0n) is 40.7. The summed E-state index contributed by atoms with van der Waals surface area (Å²) in [7, 11) is 0. The molecule has 26 heteroatoms. The van der Waals surface area contributed by atoms with E-state index in [1.165, 1.54) is 24.3 Å². The first-order valence-electron chi connectivity index (χ1n) is 24.5. The van der Waals surface area contributed by atoms with Crippen LogP contribution in [0.2, 0.25) is 0 Å². The van der Waals surface area contributed by atoms with Crippen LogP contribution >= 0.6 is 0 Å². The van der Waals surface area contributed by atoms with E-state index in [0.29, 0.717) is 64.2 Å². The van der Waals surface area contributed by atoms with Gasteiger partial charge in [0.1, 0.15) is 36.0 Å². The lowest BCUT2D eigenvalue weighted by Crippen LogP contribution is -2.58. The van der Waals surface area contributed by atoms with Gasteiger partial charge in [-0.2, -0.15) is 0 Å². The molecule has 0 radical (unpaired) electrons. The molecule has 6 amide bonds. The van der Waals surface area contributed by atoms with Gasteiger partial charge in [0.15, 0.2) is 5.96 Å². The van der Waals surface area contributed by atoms with E-state index >= 15 is 0 Å². The van der Waals surface area contributed by atoms with Crippen LogP contribution in [0.1, 0.15) is 69.8 Å². The van der Waals surface area contributed by atoms with Crippen molar-refractivity contribution >= 4 is 59.3 Å². The Labute approximate surface area is 418 Å². The number of carbonyl (C=O) groups excluding carboxylic acids is 6. The number of amides is 6. The minimum Gasteiger partial charge on any atom is -0.508 e. The summed E-state index contributed by atoms with van der Waals surface area (Å²) >= 11 is 0. The van der Waals surface area contributed by atoms with Crippen LogP contribution in [0.3, 0.4) is 0 Å². The lowest BCUT2D eigenvalue weighted by Gasteiger charge is -2.37. The topological polar surface area (TPSA) is 384 Å². The Balaban J connectivity index is 1.43. The summed E-state index contributed by atoms with van der Waals surface area (Å²) < 4.78 is 0. The summed E-state index contributed by atoms with van der Waals surface area (Å²) in [4.78, 5) is 129. The lowest BCUT2D eigenvalue weighted by molar-refractivity contribution is -0.144. The number of nitrogens with two attached hydrogens (primary N) is 2. The summed E-state index contributed by atoms with van der Waals surface area (Å²) in [5, 5.41) is 54.4. The average molecular weight is 1020 g/mol. The quantitative estimate of drug-likeness (QED) is 0.0338. The van der Waals surface area contributed by atoms with Gasteiger partial charge in [0.2, 0.25) is 35.4 Å². The number of nitrogens with one attached hydrogen (secondary N) is 6. The Morgan fingerprint density at radius 2 is 1.28 bits per heavy atom. The highest BCUT2D eigenvalue weighted by molar-refractivity contribution is 5.98. The molecule has 3 heterocycles. The third kappa shape index (κ3) is 21.4. The molecule has 1 aromatic rings. The van der Waals surface area contributed by atoms with Crippen LogP contribution in [0.5, 0.6) is 5.75 Å². The van der Waals surface area contributed by atoms with E-state index in [1.54, 1.807) is 0 Å². The molecule has 3 aliphatic heterocycles. The van der Waals surface area contributed by atoms with Crippen molar-refractivity contribution in [1.82, 2.24) is 51.5 Å². The fraction of sp³-hybridized carbons (Fsp3) is 0.652. The fourth-order valence-electron chi connectivity index (χ4n) is 8.78. The van der Waals surface area contributed by atoms with E-state index < -0.39 is 90.6 Å². The van der Waals surface area contributed by atoms with Crippen LogP contribution in [-0.2, 0) is 49.6 Å². The molecule has 0 saturated carbocycles. The van der Waals surface area contributed by atoms with Gasteiger partial charge in [-0.05, 0) is 82.2 Å². The van der Waals surface area contributed by atoms with Gasteiger partial charge in [0.05, 0.1) is 19.5 Å². The van der Waals surface area contributed by atoms with Crippen LogP contribution in [0.15, 0.2) is 29.3 Å². The molecule has 0 spiro atoms. The number of guanidine groups is 1. The van der Waals surface area contributed by atoms with Crippen molar-refractivity contribution in [3.05, 3.63) is 29.8 Å². The van der Waals surface area contributed by atoms with Crippen LogP contribution in [0.4, 0.5) is 0 Å². The second-order valence-electron chi connectivity index (χ2n) is 18.3. The molecule has 3 unspecified atom stereocenters. The number of hydrogen-bond acceptors (Lipinski definition) is 15. The number of aromatic hydroxyl groups is 1. The van der Waals surface area contributed by atoms with Gasteiger partial charge in [-0.25, -0.2) is 0 Å². The van der Waals surface area contributed by atoms with E-state index in [9.17, 15) is 63.6 Å². The first kappa shape index (κ1) is 57.9. The van der Waals surface area contributed by atoms with Crippen molar-refractivity contribution in [2.75, 3.05) is 91.6 Å². The number of phenols is 1. The van der Waals surface area contributed by atoms with E-state index in [4.69, 9.17) is 11.5 Å². The number of fused-ring (bicyclic) bond motifs is 3. The zero-order valence-corrected chi connectivity index (χ0v) is 40.7. The third-order valence-electron chi connectivity index (χ3n) is 12.7. The highest BCUT2D eigenvalue weighted by Crippen LogP contribution is 2.15. The monoisotopic (exact) mass is 1020 g/mol. The number of unbranched alkanes of at least 4 members (excludes halogenated alkanes) is 1. The van der Waals surface area contributed by atoms with Crippen molar-refractivity contribution in [3.63, 3.8) is 0 Å². The number of phenolic OH excluding ortho intramolecular Hbond substituents is 1. The molecule has 3 aliphatic rings. The third-order valence-corrected chi connectivity index (χ3v) is 12.7. The van der Waals surface area contributed by atoms with E-state index in [2.05, 4.69) is 46.7 Å². The molecule has 26 nitrogen and oxygen atoms in total. The molecule has 3 fully saturated rings. The van der Waals surface area contributed by atoms with E-state index in [-0.39, 0.29) is 82.2 Å². The molecule has 7 atom stereocenters. The van der Waals surface area contributed by atoms with Crippen LogP contribution in [-0.4, -0.2) is 221 Å². The maximum Gasteiger partial charge on any atom is 0.320 e. The molecule has 0 aliphatic carbocycles. The SMILES string of the molecule is NC(N)=NCCC[C@@H]1NC(=O)[C@H](CCCCNC(=O)CCC(C(=O)O)N2CCCN3CCN(CCCN(CC(=O)O)CC3)CC2)NC(=O)[C@@H](Cc2ccc(O)cc2)NC(=O)[C@H](CC(=O)O)NC(=O)CNC1=O. The second kappa shape index (κ2) is 30.3. The minimum absolute atomic E-state index is 0.0120. The molecule has 1 aromatic carbocycles. The predicted molar refractivity (Wildman–Crippen MR) is 260 cm³/mol. The highest BCUT2D eigenvalue weighted by Gasteiger charge is 2.34. The largest absolute Gasteiger partial charge is 0.508 e. The number of carboxylic acid groups (broad SMARTS) is 3. The average Bonchev–Trinajstić information content (AvgIpc) is 3.32. The number of nitrogens with zero attached hydrogens (tertiary/aromatic N) is 5. The van der Waals surface area contributed by atoms with E-state index in [0.717, 1.165) is 26.1 Å². The van der Waals surface area contributed by atoms with Gasteiger partial charge >= 0.3 is 17.9 Å². The molecule has 400 valence electrons. The first-order chi connectivity index (χ1) is 34.4. The normalized spacial score (nSPS) is 24.0. The van der Waals surface area contributed by atoms with Crippen molar-refractivity contribution in [1.29, 1.82) is 0 Å². The van der Waals surface area contributed by atoms with Gasteiger partial charge in [-0.3, -0.25) is 57.9 Å². The number of benzene rings is 1.